The van der Waals surface area contributed by atoms with E-state index in [1.807, 2.05) is 0 Å². The van der Waals surface area contributed by atoms with Crippen molar-refractivity contribution in [2.75, 3.05) is 18.9 Å². The van der Waals surface area contributed by atoms with Gasteiger partial charge in [0.2, 0.25) is 5.91 Å². The number of amides is 1. The summed E-state index contributed by atoms with van der Waals surface area (Å²) in [7, 11) is 1.59. The molecule has 0 bridgehead atoms. The topological polar surface area (TPSA) is 41.1 Å². The number of nitrogens with one attached hydrogen (secondary N) is 2. The van der Waals surface area contributed by atoms with Gasteiger partial charge < -0.3 is 10.6 Å². The summed E-state index contributed by atoms with van der Waals surface area (Å²) in [5.74, 6) is -0.267. The molecule has 0 radical (unpaired) electrons. The average Bonchev–Trinajstić information content (AvgIpc) is 2.24. The number of anilines is 1. The molecule has 0 atom stereocenters. The van der Waals surface area contributed by atoms with E-state index >= 15 is 0 Å². The van der Waals surface area contributed by atoms with Gasteiger partial charge in [-0.1, -0.05) is 6.07 Å². The van der Waals surface area contributed by atoms with Gasteiger partial charge in [0, 0.05) is 31.3 Å². The van der Waals surface area contributed by atoms with Gasteiger partial charge in [-0.15, -0.1) is 0 Å². The molecule has 0 heterocycles. The van der Waals surface area contributed by atoms with Gasteiger partial charge in [-0.2, -0.15) is 0 Å². The largest absolute Gasteiger partial charge is 0.384 e. The Labute approximate surface area is 88.7 Å². The van der Waals surface area contributed by atoms with Crippen LogP contribution < -0.4 is 10.6 Å². The molecule has 4 heteroatoms. The number of hydrogen-bond donors (Lipinski definition) is 2. The highest BCUT2D eigenvalue weighted by Crippen LogP contribution is 2.16. The first kappa shape index (κ1) is 11.5. The van der Waals surface area contributed by atoms with Crippen molar-refractivity contribution in [2.24, 2.45) is 0 Å². The fourth-order valence-electron chi connectivity index (χ4n) is 1.23. The van der Waals surface area contributed by atoms with Gasteiger partial charge in [0.05, 0.1) is 0 Å². The molecule has 0 unspecified atom stereocenters. The van der Waals surface area contributed by atoms with Crippen LogP contribution in [0.4, 0.5) is 10.1 Å². The Bertz CT molecular complexity index is 352. The summed E-state index contributed by atoms with van der Waals surface area (Å²) in [6, 6.07) is 4.85. The highest BCUT2D eigenvalue weighted by Gasteiger charge is 2.03. The third kappa shape index (κ3) is 3.23. The summed E-state index contributed by atoms with van der Waals surface area (Å²) < 4.78 is 13.1. The highest BCUT2D eigenvalue weighted by atomic mass is 19.1. The Morgan fingerprint density at radius 2 is 2.20 bits per heavy atom. The smallest absolute Gasteiger partial charge is 0.221 e. The Kier molecular flexibility index (Phi) is 4.09. The molecule has 0 aromatic heterocycles. The minimum absolute atomic E-state index is 0.0310. The molecule has 1 aromatic carbocycles. The molecule has 0 saturated carbocycles. The Morgan fingerprint density at radius 3 is 2.87 bits per heavy atom. The van der Waals surface area contributed by atoms with Crippen molar-refractivity contribution < 1.29 is 9.18 Å². The van der Waals surface area contributed by atoms with Crippen molar-refractivity contribution in [1.82, 2.24) is 5.32 Å². The van der Waals surface area contributed by atoms with E-state index in [1.54, 1.807) is 26.1 Å². The zero-order valence-electron chi connectivity index (χ0n) is 8.93. The summed E-state index contributed by atoms with van der Waals surface area (Å²) in [4.78, 5) is 10.9. The van der Waals surface area contributed by atoms with Crippen LogP contribution in [0.2, 0.25) is 0 Å². The third-order valence-electron chi connectivity index (χ3n) is 2.21. The molecule has 82 valence electrons. The van der Waals surface area contributed by atoms with E-state index in [2.05, 4.69) is 10.6 Å². The normalized spacial score (nSPS) is 9.80. The van der Waals surface area contributed by atoms with Crippen LogP contribution >= 0.6 is 0 Å². The summed E-state index contributed by atoms with van der Waals surface area (Å²) >= 11 is 0. The Balaban J connectivity index is 2.51. The lowest BCUT2D eigenvalue weighted by Crippen LogP contribution is -2.21. The summed E-state index contributed by atoms with van der Waals surface area (Å²) in [5, 5.41) is 5.54. The number of halogens is 1. The molecule has 15 heavy (non-hydrogen) atoms. The minimum Gasteiger partial charge on any atom is -0.384 e. The number of hydrogen-bond acceptors (Lipinski definition) is 2. The fraction of sp³-hybridized carbons (Fsp3) is 0.364. The van der Waals surface area contributed by atoms with Gasteiger partial charge in [-0.3, -0.25) is 4.79 Å². The van der Waals surface area contributed by atoms with Crippen molar-refractivity contribution in [3.8, 4) is 0 Å². The van der Waals surface area contributed by atoms with E-state index in [-0.39, 0.29) is 11.7 Å². The van der Waals surface area contributed by atoms with E-state index < -0.39 is 0 Å². The molecule has 2 N–H and O–H groups in total. The van der Waals surface area contributed by atoms with Gasteiger partial charge in [-0.05, 0) is 19.1 Å². The van der Waals surface area contributed by atoms with Crippen LogP contribution in [-0.4, -0.2) is 19.5 Å². The van der Waals surface area contributed by atoms with Crippen molar-refractivity contribution >= 4 is 11.6 Å². The maximum atomic E-state index is 13.1. The summed E-state index contributed by atoms with van der Waals surface area (Å²) in [6.45, 7) is 2.21. The molecule has 1 rings (SSSR count). The average molecular weight is 210 g/mol. The van der Waals surface area contributed by atoms with Crippen LogP contribution in [0.3, 0.4) is 0 Å². The quantitative estimate of drug-likeness (QED) is 0.794. The van der Waals surface area contributed by atoms with E-state index in [4.69, 9.17) is 0 Å². The maximum absolute atomic E-state index is 13.1. The van der Waals surface area contributed by atoms with Crippen LogP contribution in [0.15, 0.2) is 18.2 Å². The van der Waals surface area contributed by atoms with Crippen molar-refractivity contribution in [1.29, 1.82) is 0 Å². The molecule has 0 aliphatic carbocycles. The second kappa shape index (κ2) is 5.34. The SMILES string of the molecule is CNC(=O)CCNc1cccc(F)c1C. The first-order chi connectivity index (χ1) is 7.15. The lowest BCUT2D eigenvalue weighted by atomic mass is 10.2. The van der Waals surface area contributed by atoms with Gasteiger partial charge in [0.15, 0.2) is 0 Å². The van der Waals surface area contributed by atoms with Gasteiger partial charge >= 0.3 is 0 Å². The molecule has 0 spiro atoms. The second-order valence-electron chi connectivity index (χ2n) is 3.26. The second-order valence-corrected chi connectivity index (χ2v) is 3.26. The third-order valence-corrected chi connectivity index (χ3v) is 2.21. The van der Waals surface area contributed by atoms with E-state index in [9.17, 15) is 9.18 Å². The zero-order valence-corrected chi connectivity index (χ0v) is 8.93. The fourth-order valence-corrected chi connectivity index (χ4v) is 1.23. The summed E-state index contributed by atoms with van der Waals surface area (Å²) in [6.07, 6.45) is 0.381. The summed E-state index contributed by atoms with van der Waals surface area (Å²) in [5.41, 5.74) is 1.31. The van der Waals surface area contributed by atoms with Crippen molar-refractivity contribution in [2.45, 2.75) is 13.3 Å². The lowest BCUT2D eigenvalue weighted by molar-refractivity contribution is -0.120. The number of carbonyl (C=O) groups excluding carboxylic acids is 1. The minimum atomic E-state index is -0.236. The molecule has 0 saturated heterocycles. The Hall–Kier alpha value is -1.58. The van der Waals surface area contributed by atoms with Crippen molar-refractivity contribution in [3.05, 3.63) is 29.6 Å². The first-order valence-electron chi connectivity index (χ1n) is 4.84. The Morgan fingerprint density at radius 1 is 1.47 bits per heavy atom. The molecule has 0 aliphatic heterocycles. The van der Waals surface area contributed by atoms with Crippen LogP contribution in [0.5, 0.6) is 0 Å². The lowest BCUT2D eigenvalue weighted by Gasteiger charge is -2.09. The van der Waals surface area contributed by atoms with E-state index in [1.165, 1.54) is 6.07 Å². The molecular formula is C11H15FN2O. The van der Waals surface area contributed by atoms with E-state index in [0.717, 1.165) is 5.69 Å². The number of benzene rings is 1. The zero-order chi connectivity index (χ0) is 11.3. The molecular weight excluding hydrogens is 195 g/mol. The van der Waals surface area contributed by atoms with Crippen LogP contribution in [-0.2, 0) is 4.79 Å². The number of rotatable bonds is 4. The standard InChI is InChI=1S/C11H15FN2O/c1-8-9(12)4-3-5-10(8)14-7-6-11(15)13-2/h3-5,14H,6-7H2,1-2H3,(H,13,15). The van der Waals surface area contributed by atoms with Gasteiger partial charge in [0.25, 0.3) is 0 Å². The van der Waals surface area contributed by atoms with Gasteiger partial charge in [0.1, 0.15) is 5.82 Å². The molecule has 1 amide bonds. The van der Waals surface area contributed by atoms with Crippen molar-refractivity contribution in [3.63, 3.8) is 0 Å². The van der Waals surface area contributed by atoms with Crippen LogP contribution in [0.1, 0.15) is 12.0 Å². The predicted molar refractivity (Wildman–Crippen MR) is 58.3 cm³/mol. The maximum Gasteiger partial charge on any atom is 0.221 e. The van der Waals surface area contributed by atoms with E-state index in [0.29, 0.717) is 18.5 Å². The monoisotopic (exact) mass is 210 g/mol. The van der Waals surface area contributed by atoms with Gasteiger partial charge in [-0.25, -0.2) is 4.39 Å². The van der Waals surface area contributed by atoms with Crippen LogP contribution in [0.25, 0.3) is 0 Å². The number of carbonyl (C=O) groups is 1. The molecule has 1 aromatic rings. The van der Waals surface area contributed by atoms with Crippen LogP contribution in [0, 0.1) is 12.7 Å². The molecule has 3 nitrogen and oxygen atoms in total. The predicted octanol–water partition coefficient (Wildman–Crippen LogP) is 1.68. The molecule has 0 fully saturated rings. The molecule has 0 aliphatic rings. The highest BCUT2D eigenvalue weighted by molar-refractivity contribution is 5.76. The first-order valence-corrected chi connectivity index (χ1v) is 4.84.